The van der Waals surface area contributed by atoms with E-state index in [1.807, 2.05) is 31.8 Å². The van der Waals surface area contributed by atoms with E-state index in [9.17, 15) is 0 Å². The SMILES string of the molecule is Cc1cnn(C)c1CC[C@H](C)O. The Bertz CT molecular complexity index is 234. The summed E-state index contributed by atoms with van der Waals surface area (Å²) in [6.45, 7) is 3.86. The minimum absolute atomic E-state index is 0.223. The maximum absolute atomic E-state index is 9.10. The first-order valence-corrected chi connectivity index (χ1v) is 4.27. The lowest BCUT2D eigenvalue weighted by atomic mass is 10.1. The molecule has 3 heteroatoms. The molecule has 0 aliphatic rings. The number of nitrogens with zero attached hydrogens (tertiary/aromatic N) is 2. The van der Waals surface area contributed by atoms with Crippen LogP contribution in [0.15, 0.2) is 6.20 Å². The molecule has 1 heterocycles. The standard InChI is InChI=1S/C9H16N2O/c1-7-6-10-11(3)9(7)5-4-8(2)12/h6,8,12H,4-5H2,1-3H3/t8-/m0/s1. The summed E-state index contributed by atoms with van der Waals surface area (Å²) in [6, 6.07) is 0. The molecule has 0 bridgehead atoms. The third kappa shape index (κ3) is 2.08. The smallest absolute Gasteiger partial charge is 0.0521 e. The Morgan fingerprint density at radius 1 is 1.67 bits per heavy atom. The minimum atomic E-state index is -0.223. The van der Waals surface area contributed by atoms with Crippen molar-refractivity contribution < 1.29 is 5.11 Å². The third-order valence-corrected chi connectivity index (χ3v) is 2.07. The van der Waals surface area contributed by atoms with Crippen LogP contribution in [0, 0.1) is 6.92 Å². The summed E-state index contributed by atoms with van der Waals surface area (Å²) in [4.78, 5) is 0. The number of hydrogen-bond donors (Lipinski definition) is 1. The first kappa shape index (κ1) is 9.26. The molecule has 0 unspecified atom stereocenters. The molecule has 0 saturated carbocycles. The van der Waals surface area contributed by atoms with Crippen molar-refractivity contribution in [2.45, 2.75) is 32.8 Å². The van der Waals surface area contributed by atoms with Gasteiger partial charge in [-0.1, -0.05) is 0 Å². The molecule has 68 valence electrons. The molecule has 1 aromatic rings. The van der Waals surface area contributed by atoms with Gasteiger partial charge < -0.3 is 5.11 Å². The van der Waals surface area contributed by atoms with Crippen molar-refractivity contribution in [2.24, 2.45) is 7.05 Å². The molecule has 12 heavy (non-hydrogen) atoms. The molecule has 3 nitrogen and oxygen atoms in total. The number of aliphatic hydroxyl groups excluding tert-OH is 1. The predicted molar refractivity (Wildman–Crippen MR) is 47.9 cm³/mol. The van der Waals surface area contributed by atoms with Gasteiger partial charge in [0.15, 0.2) is 0 Å². The Morgan fingerprint density at radius 3 is 2.75 bits per heavy atom. The number of aromatic nitrogens is 2. The Kier molecular flexibility index (Phi) is 2.87. The molecule has 1 N–H and O–H groups in total. The molecule has 0 aliphatic heterocycles. The first-order chi connectivity index (χ1) is 5.61. The number of rotatable bonds is 3. The fourth-order valence-electron chi connectivity index (χ4n) is 1.28. The Morgan fingerprint density at radius 2 is 2.33 bits per heavy atom. The van der Waals surface area contributed by atoms with Crippen molar-refractivity contribution in [1.82, 2.24) is 9.78 Å². The Balaban J connectivity index is 2.62. The van der Waals surface area contributed by atoms with Gasteiger partial charge in [0.1, 0.15) is 0 Å². The van der Waals surface area contributed by atoms with Crippen molar-refractivity contribution in [3.63, 3.8) is 0 Å². The van der Waals surface area contributed by atoms with Crippen molar-refractivity contribution in [3.8, 4) is 0 Å². The van der Waals surface area contributed by atoms with Crippen LogP contribution >= 0.6 is 0 Å². The molecule has 1 rings (SSSR count). The highest BCUT2D eigenvalue weighted by Crippen LogP contribution is 2.09. The molecule has 1 aromatic heterocycles. The van der Waals surface area contributed by atoms with Crippen LogP contribution in [0.1, 0.15) is 24.6 Å². The normalized spacial score (nSPS) is 13.3. The van der Waals surface area contributed by atoms with Gasteiger partial charge in [-0.15, -0.1) is 0 Å². The highest BCUT2D eigenvalue weighted by Gasteiger charge is 2.05. The van der Waals surface area contributed by atoms with E-state index < -0.39 is 0 Å². The van der Waals surface area contributed by atoms with Crippen molar-refractivity contribution in [1.29, 1.82) is 0 Å². The van der Waals surface area contributed by atoms with E-state index in [4.69, 9.17) is 5.11 Å². The predicted octanol–water partition coefficient (Wildman–Crippen LogP) is 1.04. The van der Waals surface area contributed by atoms with Crippen LogP contribution in [0.25, 0.3) is 0 Å². The lowest BCUT2D eigenvalue weighted by Crippen LogP contribution is -2.06. The summed E-state index contributed by atoms with van der Waals surface area (Å²) in [5.74, 6) is 0. The molecular weight excluding hydrogens is 152 g/mol. The lowest BCUT2D eigenvalue weighted by molar-refractivity contribution is 0.184. The van der Waals surface area contributed by atoms with Gasteiger partial charge >= 0.3 is 0 Å². The maximum atomic E-state index is 9.10. The molecular formula is C9H16N2O. The van der Waals surface area contributed by atoms with E-state index in [1.165, 1.54) is 11.3 Å². The molecule has 0 saturated heterocycles. The van der Waals surface area contributed by atoms with Crippen LogP contribution in [0.3, 0.4) is 0 Å². The fourth-order valence-corrected chi connectivity index (χ4v) is 1.28. The van der Waals surface area contributed by atoms with E-state index in [1.54, 1.807) is 0 Å². The molecule has 0 fully saturated rings. The summed E-state index contributed by atoms with van der Waals surface area (Å²) in [5.41, 5.74) is 2.43. The van der Waals surface area contributed by atoms with Crippen LogP contribution in [0.5, 0.6) is 0 Å². The van der Waals surface area contributed by atoms with E-state index in [-0.39, 0.29) is 6.10 Å². The van der Waals surface area contributed by atoms with Gasteiger partial charge in [0.25, 0.3) is 0 Å². The highest BCUT2D eigenvalue weighted by molar-refractivity contribution is 5.15. The summed E-state index contributed by atoms with van der Waals surface area (Å²) in [6.07, 6.45) is 3.34. The molecule has 0 spiro atoms. The summed E-state index contributed by atoms with van der Waals surface area (Å²) < 4.78 is 1.87. The average molecular weight is 168 g/mol. The second-order valence-corrected chi connectivity index (χ2v) is 3.29. The van der Waals surface area contributed by atoms with Gasteiger partial charge in [-0.3, -0.25) is 4.68 Å². The number of aliphatic hydroxyl groups is 1. The van der Waals surface area contributed by atoms with Crippen LogP contribution in [-0.4, -0.2) is 21.0 Å². The second-order valence-electron chi connectivity index (χ2n) is 3.29. The van der Waals surface area contributed by atoms with Crippen LogP contribution < -0.4 is 0 Å². The highest BCUT2D eigenvalue weighted by atomic mass is 16.3. The van der Waals surface area contributed by atoms with E-state index >= 15 is 0 Å². The van der Waals surface area contributed by atoms with E-state index in [0.29, 0.717) is 0 Å². The zero-order valence-corrected chi connectivity index (χ0v) is 7.91. The van der Waals surface area contributed by atoms with Crippen LogP contribution in [-0.2, 0) is 13.5 Å². The number of hydrogen-bond acceptors (Lipinski definition) is 2. The summed E-state index contributed by atoms with van der Waals surface area (Å²) in [5, 5.41) is 13.2. The monoisotopic (exact) mass is 168 g/mol. The van der Waals surface area contributed by atoms with E-state index in [0.717, 1.165) is 12.8 Å². The van der Waals surface area contributed by atoms with Crippen LogP contribution in [0.4, 0.5) is 0 Å². The van der Waals surface area contributed by atoms with Crippen molar-refractivity contribution in [2.75, 3.05) is 0 Å². The fraction of sp³-hybridized carbons (Fsp3) is 0.667. The molecule has 0 aromatic carbocycles. The zero-order chi connectivity index (χ0) is 9.14. The Labute approximate surface area is 73.0 Å². The van der Waals surface area contributed by atoms with Gasteiger partial charge in [-0.2, -0.15) is 5.10 Å². The van der Waals surface area contributed by atoms with Crippen molar-refractivity contribution in [3.05, 3.63) is 17.5 Å². The average Bonchev–Trinajstić information content (AvgIpc) is 2.28. The molecule has 1 atom stereocenters. The van der Waals surface area contributed by atoms with Crippen LogP contribution in [0.2, 0.25) is 0 Å². The van der Waals surface area contributed by atoms with Gasteiger partial charge in [0.2, 0.25) is 0 Å². The molecule has 0 amide bonds. The number of aryl methyl sites for hydroxylation is 2. The van der Waals surface area contributed by atoms with Gasteiger partial charge in [0.05, 0.1) is 12.3 Å². The Hall–Kier alpha value is -0.830. The maximum Gasteiger partial charge on any atom is 0.0521 e. The first-order valence-electron chi connectivity index (χ1n) is 4.27. The lowest BCUT2D eigenvalue weighted by Gasteiger charge is -2.05. The zero-order valence-electron chi connectivity index (χ0n) is 7.91. The van der Waals surface area contributed by atoms with Gasteiger partial charge in [-0.25, -0.2) is 0 Å². The minimum Gasteiger partial charge on any atom is -0.393 e. The summed E-state index contributed by atoms with van der Waals surface area (Å²) >= 11 is 0. The molecule has 0 radical (unpaired) electrons. The van der Waals surface area contributed by atoms with Crippen molar-refractivity contribution >= 4 is 0 Å². The quantitative estimate of drug-likeness (QED) is 0.732. The second kappa shape index (κ2) is 3.72. The van der Waals surface area contributed by atoms with Gasteiger partial charge in [-0.05, 0) is 32.3 Å². The molecule has 0 aliphatic carbocycles. The van der Waals surface area contributed by atoms with Gasteiger partial charge in [0, 0.05) is 12.7 Å². The van der Waals surface area contributed by atoms with E-state index in [2.05, 4.69) is 5.10 Å². The largest absolute Gasteiger partial charge is 0.393 e. The topological polar surface area (TPSA) is 38.0 Å². The summed E-state index contributed by atoms with van der Waals surface area (Å²) in [7, 11) is 1.93. The third-order valence-electron chi connectivity index (χ3n) is 2.07.